The molecule has 8 aromatic rings. The van der Waals surface area contributed by atoms with Crippen LogP contribution in [-0.4, -0.2) is 0 Å². The highest BCUT2D eigenvalue weighted by Gasteiger charge is 2.61. The fourth-order valence-corrected chi connectivity index (χ4v) is 12.6. The van der Waals surface area contributed by atoms with Crippen LogP contribution in [-0.2, 0) is 5.41 Å². The Morgan fingerprint density at radius 2 is 1.18 bits per heavy atom. The Bertz CT molecular complexity index is 2520. The maximum atomic E-state index is 6.50. The first kappa shape index (κ1) is 27.0. The predicted molar refractivity (Wildman–Crippen MR) is 205 cm³/mol. The van der Waals surface area contributed by atoms with Crippen molar-refractivity contribution in [2.24, 2.45) is 23.7 Å². The highest BCUT2D eigenvalue weighted by atomic mass is 32.1. The number of furan rings is 1. The lowest BCUT2D eigenvalue weighted by atomic mass is 9.43. The summed E-state index contributed by atoms with van der Waals surface area (Å²) >= 11 is 1.89. The van der Waals surface area contributed by atoms with Gasteiger partial charge < -0.3 is 9.32 Å². The van der Waals surface area contributed by atoms with Crippen LogP contribution in [0.25, 0.3) is 53.2 Å². The first-order valence-electron chi connectivity index (χ1n) is 18.1. The molecule has 0 saturated heterocycles. The molecule has 0 amide bonds. The molecule has 4 saturated carbocycles. The molecule has 0 radical (unpaired) electrons. The van der Waals surface area contributed by atoms with Gasteiger partial charge in [0.15, 0.2) is 0 Å². The van der Waals surface area contributed by atoms with Crippen LogP contribution in [0.15, 0.2) is 132 Å². The molecule has 6 aromatic carbocycles. The summed E-state index contributed by atoms with van der Waals surface area (Å²) in [6.45, 7) is 0. The normalized spacial score (nSPS) is 24.8. The average Bonchev–Trinajstić information content (AvgIpc) is 3.79. The van der Waals surface area contributed by atoms with E-state index in [0.717, 1.165) is 45.9 Å². The fourth-order valence-electron chi connectivity index (χ4n) is 11.5. The first-order valence-corrected chi connectivity index (χ1v) is 18.9. The molecule has 49 heavy (non-hydrogen) atoms. The molecular formula is C46H35NOS. The SMILES string of the molecule is c1ccc2c(c1)-c1c(N(c3ccc4c(c3)oc3ccccc34)c3ccc4c(c3)sc3ccccc34)cccc1C21C2CC3CC(C2)CC1C3. The Balaban J connectivity index is 1.13. The number of benzene rings is 6. The first-order chi connectivity index (χ1) is 24.2. The van der Waals surface area contributed by atoms with Crippen LogP contribution in [0.4, 0.5) is 17.1 Å². The van der Waals surface area contributed by atoms with Gasteiger partial charge in [-0.2, -0.15) is 0 Å². The molecule has 4 fully saturated rings. The summed E-state index contributed by atoms with van der Waals surface area (Å²) in [4.78, 5) is 2.53. The highest BCUT2D eigenvalue weighted by molar-refractivity contribution is 7.25. The summed E-state index contributed by atoms with van der Waals surface area (Å²) in [6, 6.07) is 47.9. The molecule has 0 unspecified atom stereocenters. The number of para-hydroxylation sites is 1. The lowest BCUT2D eigenvalue weighted by Crippen LogP contribution is -2.55. The fraction of sp³-hybridized carbons (Fsp3) is 0.217. The van der Waals surface area contributed by atoms with Crippen LogP contribution in [0.1, 0.15) is 43.2 Å². The van der Waals surface area contributed by atoms with Crippen molar-refractivity contribution in [3.05, 3.63) is 139 Å². The van der Waals surface area contributed by atoms with Gasteiger partial charge in [-0.3, -0.25) is 0 Å². The Hall–Kier alpha value is -4.86. The second-order valence-corrected chi connectivity index (χ2v) is 16.4. The lowest BCUT2D eigenvalue weighted by Gasteiger charge is -2.61. The molecule has 3 heteroatoms. The van der Waals surface area contributed by atoms with Crippen LogP contribution < -0.4 is 4.90 Å². The minimum atomic E-state index is 0.124. The molecule has 5 aliphatic carbocycles. The van der Waals surface area contributed by atoms with Gasteiger partial charge in [0, 0.05) is 59.4 Å². The quantitative estimate of drug-likeness (QED) is 0.189. The molecule has 2 nitrogen and oxygen atoms in total. The summed E-state index contributed by atoms with van der Waals surface area (Å²) in [5, 5.41) is 4.99. The molecule has 0 aliphatic heterocycles. The van der Waals surface area contributed by atoms with Crippen LogP contribution >= 0.6 is 11.3 Å². The van der Waals surface area contributed by atoms with Crippen molar-refractivity contribution >= 4 is 70.5 Å². The van der Waals surface area contributed by atoms with Crippen molar-refractivity contribution in [1.82, 2.24) is 0 Å². The van der Waals surface area contributed by atoms with Crippen molar-refractivity contribution in [1.29, 1.82) is 0 Å². The third-order valence-corrected chi connectivity index (χ3v) is 14.2. The van der Waals surface area contributed by atoms with E-state index in [0.29, 0.717) is 0 Å². The van der Waals surface area contributed by atoms with Crippen LogP contribution in [0.2, 0.25) is 0 Å². The zero-order valence-electron chi connectivity index (χ0n) is 27.2. The number of rotatable bonds is 3. The van der Waals surface area contributed by atoms with E-state index in [4.69, 9.17) is 4.42 Å². The molecule has 0 N–H and O–H groups in total. The molecule has 13 rings (SSSR count). The van der Waals surface area contributed by atoms with Gasteiger partial charge in [0.2, 0.25) is 0 Å². The van der Waals surface area contributed by atoms with Crippen LogP contribution in [0, 0.1) is 23.7 Å². The summed E-state index contributed by atoms with van der Waals surface area (Å²) in [6.07, 6.45) is 7.02. The predicted octanol–water partition coefficient (Wildman–Crippen LogP) is 13.1. The molecule has 1 spiro atoms. The van der Waals surface area contributed by atoms with Gasteiger partial charge in [-0.25, -0.2) is 0 Å². The van der Waals surface area contributed by atoms with E-state index in [1.54, 1.807) is 11.1 Å². The number of anilines is 3. The average molecular weight is 650 g/mol. The van der Waals surface area contributed by atoms with Crippen molar-refractivity contribution in [2.45, 2.75) is 37.5 Å². The Kier molecular flexibility index (Phi) is 5.32. The van der Waals surface area contributed by atoms with E-state index in [-0.39, 0.29) is 5.41 Å². The summed E-state index contributed by atoms with van der Waals surface area (Å²) in [7, 11) is 0. The largest absolute Gasteiger partial charge is 0.456 e. The van der Waals surface area contributed by atoms with Gasteiger partial charge in [-0.1, -0.05) is 78.9 Å². The van der Waals surface area contributed by atoms with E-state index in [1.165, 1.54) is 80.2 Å². The third-order valence-electron chi connectivity index (χ3n) is 13.0. The smallest absolute Gasteiger partial charge is 0.137 e. The number of hydrogen-bond acceptors (Lipinski definition) is 3. The summed E-state index contributed by atoms with van der Waals surface area (Å²) in [5.74, 6) is 3.31. The lowest BCUT2D eigenvalue weighted by molar-refractivity contribution is -0.0399. The Morgan fingerprint density at radius 1 is 0.531 bits per heavy atom. The van der Waals surface area contributed by atoms with Gasteiger partial charge in [-0.15, -0.1) is 11.3 Å². The van der Waals surface area contributed by atoms with Gasteiger partial charge in [0.05, 0.1) is 5.69 Å². The standard InChI is InChI=1S/C46H35NOS/c1-4-11-38-37(10-1)45-39(46(38)29-21-27-20-28(23-29)24-30(46)22-27)12-7-13-40(45)47(31-16-18-34-33-8-2-5-14-41(33)48-42(34)25-31)32-17-19-36-35-9-3-6-15-43(35)49-44(36)26-32/h1-19,25-30H,20-24H2. The topological polar surface area (TPSA) is 16.4 Å². The van der Waals surface area contributed by atoms with Crippen LogP contribution in [0.3, 0.4) is 0 Å². The molecule has 2 aromatic heterocycles. The molecule has 2 heterocycles. The molecule has 0 atom stereocenters. The zero-order chi connectivity index (χ0) is 31.8. The monoisotopic (exact) mass is 649 g/mol. The molecule has 236 valence electrons. The minimum Gasteiger partial charge on any atom is -0.456 e. The number of nitrogens with zero attached hydrogens (tertiary/aromatic N) is 1. The van der Waals surface area contributed by atoms with Crippen LogP contribution in [0.5, 0.6) is 0 Å². The number of fused-ring (bicyclic) bond motifs is 9. The Morgan fingerprint density at radius 3 is 2.04 bits per heavy atom. The van der Waals surface area contributed by atoms with Gasteiger partial charge >= 0.3 is 0 Å². The van der Waals surface area contributed by atoms with Gasteiger partial charge in [0.25, 0.3) is 0 Å². The van der Waals surface area contributed by atoms with E-state index in [2.05, 4.69) is 132 Å². The highest BCUT2D eigenvalue weighted by Crippen LogP contribution is 2.70. The molecule has 4 bridgehead atoms. The van der Waals surface area contributed by atoms with Crippen molar-refractivity contribution in [3.63, 3.8) is 0 Å². The third kappa shape index (κ3) is 3.51. The van der Waals surface area contributed by atoms with E-state index in [1.807, 2.05) is 11.3 Å². The van der Waals surface area contributed by atoms with E-state index >= 15 is 0 Å². The maximum Gasteiger partial charge on any atom is 0.137 e. The minimum absolute atomic E-state index is 0.124. The van der Waals surface area contributed by atoms with Crippen molar-refractivity contribution in [3.8, 4) is 11.1 Å². The Labute approximate surface area is 289 Å². The number of thiophene rings is 1. The zero-order valence-corrected chi connectivity index (χ0v) is 28.0. The van der Waals surface area contributed by atoms with E-state index in [9.17, 15) is 0 Å². The van der Waals surface area contributed by atoms with E-state index < -0.39 is 0 Å². The molecule has 5 aliphatic rings. The van der Waals surface area contributed by atoms with Gasteiger partial charge in [0.1, 0.15) is 11.2 Å². The maximum absolute atomic E-state index is 6.50. The summed E-state index contributed by atoms with van der Waals surface area (Å²) in [5.41, 5.74) is 11.6. The summed E-state index contributed by atoms with van der Waals surface area (Å²) < 4.78 is 9.16. The second kappa shape index (κ2) is 9.64. The second-order valence-electron chi connectivity index (χ2n) is 15.3. The van der Waals surface area contributed by atoms with Crippen molar-refractivity contribution in [2.75, 3.05) is 4.90 Å². The number of hydrogen-bond donors (Lipinski definition) is 0. The molecular weight excluding hydrogens is 615 g/mol. The van der Waals surface area contributed by atoms with Crippen molar-refractivity contribution < 1.29 is 4.42 Å². The van der Waals surface area contributed by atoms with Gasteiger partial charge in [-0.05, 0) is 115 Å².